The molecule has 0 radical (unpaired) electrons. The number of fused-ring (bicyclic) bond motifs is 1. The summed E-state index contributed by atoms with van der Waals surface area (Å²) in [6.07, 6.45) is 1.31. The molecule has 1 aromatic rings. The normalized spacial score (nSPS) is 14.7. The number of nitrogens with one attached hydrogen (secondary N) is 1. The van der Waals surface area contributed by atoms with Gasteiger partial charge in [-0.2, -0.15) is 4.31 Å². The molecule has 1 aliphatic heterocycles. The Kier molecular flexibility index (Phi) is 4.67. The van der Waals surface area contributed by atoms with Crippen molar-refractivity contribution in [2.24, 2.45) is 0 Å². The number of rotatable bonds is 6. The Labute approximate surface area is 120 Å². The van der Waals surface area contributed by atoms with E-state index in [4.69, 9.17) is 5.11 Å². The molecule has 0 amide bonds. The summed E-state index contributed by atoms with van der Waals surface area (Å²) in [5.74, 6) is 0. The van der Waals surface area contributed by atoms with Crippen LogP contribution in [0, 0.1) is 0 Å². The van der Waals surface area contributed by atoms with Crippen LogP contribution in [-0.2, 0) is 16.4 Å². The fourth-order valence-corrected chi connectivity index (χ4v) is 4.19. The highest BCUT2D eigenvalue weighted by Gasteiger charge is 2.27. The van der Waals surface area contributed by atoms with Crippen molar-refractivity contribution in [1.29, 1.82) is 0 Å². The second kappa shape index (κ2) is 6.11. The molecule has 0 fully saturated rings. The quantitative estimate of drug-likeness (QED) is 0.834. The average Bonchev–Trinajstić information content (AvgIpc) is 2.85. The highest BCUT2D eigenvalue weighted by Crippen LogP contribution is 2.27. The smallest absolute Gasteiger partial charge is 0.243 e. The van der Waals surface area contributed by atoms with Gasteiger partial charge < -0.3 is 10.4 Å². The third kappa shape index (κ3) is 2.97. The molecule has 0 atom stereocenters. The van der Waals surface area contributed by atoms with Crippen LogP contribution in [0.1, 0.15) is 25.8 Å². The van der Waals surface area contributed by atoms with Gasteiger partial charge in [-0.3, -0.25) is 0 Å². The summed E-state index contributed by atoms with van der Waals surface area (Å²) in [6, 6.07) is 5.12. The predicted octanol–water partition coefficient (Wildman–Crippen LogP) is 1.44. The number of hydrogen-bond donors (Lipinski definition) is 2. The van der Waals surface area contributed by atoms with Gasteiger partial charge in [-0.15, -0.1) is 0 Å². The van der Waals surface area contributed by atoms with Crippen molar-refractivity contribution in [2.75, 3.05) is 25.0 Å². The maximum absolute atomic E-state index is 12.7. The van der Waals surface area contributed by atoms with Crippen molar-refractivity contribution in [3.05, 3.63) is 23.8 Å². The van der Waals surface area contributed by atoms with Gasteiger partial charge in [0.25, 0.3) is 0 Å². The Morgan fingerprint density at radius 3 is 2.80 bits per heavy atom. The van der Waals surface area contributed by atoms with Gasteiger partial charge in [-0.25, -0.2) is 8.42 Å². The Bertz CT molecular complexity index is 570. The number of nitrogens with zero attached hydrogens (tertiary/aromatic N) is 1. The first-order chi connectivity index (χ1) is 9.46. The number of benzene rings is 1. The molecule has 112 valence electrons. The lowest BCUT2D eigenvalue weighted by atomic mass is 10.2. The van der Waals surface area contributed by atoms with E-state index >= 15 is 0 Å². The van der Waals surface area contributed by atoms with Crippen LogP contribution >= 0.6 is 0 Å². The van der Waals surface area contributed by atoms with Crippen LogP contribution in [0.5, 0.6) is 0 Å². The Morgan fingerprint density at radius 2 is 2.15 bits per heavy atom. The monoisotopic (exact) mass is 298 g/mol. The van der Waals surface area contributed by atoms with Gasteiger partial charge in [0.05, 0.1) is 4.90 Å². The van der Waals surface area contributed by atoms with Gasteiger partial charge in [0.1, 0.15) is 0 Å². The van der Waals surface area contributed by atoms with Crippen molar-refractivity contribution >= 4 is 15.7 Å². The Morgan fingerprint density at radius 1 is 1.40 bits per heavy atom. The number of aliphatic hydroxyl groups excluding tert-OH is 1. The molecule has 1 heterocycles. The zero-order valence-electron chi connectivity index (χ0n) is 12.0. The van der Waals surface area contributed by atoms with E-state index in [0.29, 0.717) is 17.9 Å². The van der Waals surface area contributed by atoms with Gasteiger partial charge in [0, 0.05) is 31.4 Å². The third-order valence-corrected chi connectivity index (χ3v) is 5.58. The van der Waals surface area contributed by atoms with Crippen LogP contribution in [0.4, 0.5) is 5.69 Å². The Balaban J connectivity index is 2.32. The molecule has 0 bridgehead atoms. The first kappa shape index (κ1) is 15.3. The largest absolute Gasteiger partial charge is 0.396 e. The van der Waals surface area contributed by atoms with Gasteiger partial charge >= 0.3 is 0 Å². The lowest BCUT2D eigenvalue weighted by molar-refractivity contribution is 0.258. The summed E-state index contributed by atoms with van der Waals surface area (Å²) in [5, 5.41) is 12.2. The molecular formula is C14H22N2O3S. The highest BCUT2D eigenvalue weighted by atomic mass is 32.2. The van der Waals surface area contributed by atoms with E-state index in [1.165, 1.54) is 4.31 Å². The molecule has 0 aliphatic carbocycles. The molecule has 0 spiro atoms. The van der Waals surface area contributed by atoms with Crippen LogP contribution in [0.25, 0.3) is 0 Å². The molecule has 5 nitrogen and oxygen atoms in total. The van der Waals surface area contributed by atoms with Crippen LogP contribution < -0.4 is 5.32 Å². The minimum absolute atomic E-state index is 0.00710. The van der Waals surface area contributed by atoms with E-state index in [0.717, 1.165) is 24.2 Å². The van der Waals surface area contributed by atoms with Gasteiger partial charge in [-0.05, 0) is 50.5 Å². The van der Waals surface area contributed by atoms with Crippen molar-refractivity contribution < 1.29 is 13.5 Å². The number of anilines is 1. The van der Waals surface area contributed by atoms with Crippen LogP contribution in [-0.4, -0.2) is 43.6 Å². The third-order valence-electron chi connectivity index (χ3n) is 3.51. The minimum Gasteiger partial charge on any atom is -0.396 e. The van der Waals surface area contributed by atoms with Crippen LogP contribution in [0.2, 0.25) is 0 Å². The second-order valence-corrected chi connectivity index (χ2v) is 7.17. The fourth-order valence-electron chi connectivity index (χ4n) is 2.46. The number of sulfonamides is 1. The summed E-state index contributed by atoms with van der Waals surface area (Å²) < 4.78 is 26.9. The van der Waals surface area contributed by atoms with E-state index in [1.54, 1.807) is 12.1 Å². The standard InChI is InChI=1S/C14H22N2O3S/c1-11(2)16(8-3-9-17)20(18,19)13-4-5-14-12(10-13)6-7-15-14/h4-5,10-11,15,17H,3,6-9H2,1-2H3. The highest BCUT2D eigenvalue weighted by molar-refractivity contribution is 7.89. The molecule has 20 heavy (non-hydrogen) atoms. The molecule has 0 unspecified atom stereocenters. The van der Waals surface area contributed by atoms with E-state index in [-0.39, 0.29) is 12.6 Å². The molecule has 0 saturated carbocycles. The lowest BCUT2D eigenvalue weighted by Gasteiger charge is -2.25. The van der Waals surface area contributed by atoms with Crippen LogP contribution in [0.3, 0.4) is 0 Å². The molecule has 1 aliphatic rings. The maximum Gasteiger partial charge on any atom is 0.243 e. The zero-order valence-corrected chi connectivity index (χ0v) is 12.8. The molecule has 2 rings (SSSR count). The van der Waals surface area contributed by atoms with Crippen molar-refractivity contribution in [1.82, 2.24) is 4.31 Å². The van der Waals surface area contributed by atoms with Crippen molar-refractivity contribution in [3.8, 4) is 0 Å². The lowest BCUT2D eigenvalue weighted by Crippen LogP contribution is -2.38. The summed E-state index contributed by atoms with van der Waals surface area (Å²) in [7, 11) is -3.50. The first-order valence-electron chi connectivity index (χ1n) is 6.96. The summed E-state index contributed by atoms with van der Waals surface area (Å²) in [6.45, 7) is 4.89. The average molecular weight is 298 g/mol. The number of aliphatic hydroxyl groups is 1. The fraction of sp³-hybridized carbons (Fsp3) is 0.571. The van der Waals surface area contributed by atoms with E-state index in [2.05, 4.69) is 5.32 Å². The molecular weight excluding hydrogens is 276 g/mol. The van der Waals surface area contributed by atoms with E-state index < -0.39 is 10.0 Å². The molecule has 0 saturated heterocycles. The predicted molar refractivity (Wildman–Crippen MR) is 79.4 cm³/mol. The second-order valence-electron chi connectivity index (χ2n) is 5.28. The molecule has 2 N–H and O–H groups in total. The summed E-state index contributed by atoms with van der Waals surface area (Å²) in [4.78, 5) is 0.339. The van der Waals surface area contributed by atoms with Crippen LogP contribution in [0.15, 0.2) is 23.1 Å². The molecule has 6 heteroatoms. The maximum atomic E-state index is 12.7. The Hall–Kier alpha value is -1.11. The minimum atomic E-state index is -3.50. The molecule has 0 aromatic heterocycles. The topological polar surface area (TPSA) is 69.6 Å². The van der Waals surface area contributed by atoms with Crippen molar-refractivity contribution in [2.45, 2.75) is 37.6 Å². The first-order valence-corrected chi connectivity index (χ1v) is 8.40. The van der Waals surface area contributed by atoms with Gasteiger partial charge in [0.15, 0.2) is 0 Å². The number of hydrogen-bond acceptors (Lipinski definition) is 4. The van der Waals surface area contributed by atoms with Gasteiger partial charge in [0.2, 0.25) is 10.0 Å². The van der Waals surface area contributed by atoms with Gasteiger partial charge in [-0.1, -0.05) is 0 Å². The summed E-state index contributed by atoms with van der Waals surface area (Å²) in [5.41, 5.74) is 2.08. The van der Waals surface area contributed by atoms with Crippen molar-refractivity contribution in [3.63, 3.8) is 0 Å². The summed E-state index contributed by atoms with van der Waals surface area (Å²) >= 11 is 0. The van der Waals surface area contributed by atoms with E-state index in [1.807, 2.05) is 19.9 Å². The molecule has 1 aromatic carbocycles. The SMILES string of the molecule is CC(C)N(CCCO)S(=O)(=O)c1ccc2c(c1)CCN2. The van der Waals surface area contributed by atoms with E-state index in [9.17, 15) is 8.42 Å². The zero-order chi connectivity index (χ0) is 14.8.